The summed E-state index contributed by atoms with van der Waals surface area (Å²) in [6.45, 7) is 4.24. The molecule has 7 heteroatoms. The minimum atomic E-state index is -0.220. The first-order valence-electron chi connectivity index (χ1n) is 10.8. The number of benzene rings is 3. The molecule has 1 amide bonds. The van der Waals surface area contributed by atoms with Crippen LogP contribution in [0, 0.1) is 11.3 Å². The molecule has 3 aromatic rings. The monoisotopic (exact) mass is 442 g/mol. The van der Waals surface area contributed by atoms with Crippen LogP contribution in [0.4, 0.5) is 11.4 Å². The van der Waals surface area contributed by atoms with E-state index >= 15 is 0 Å². The largest absolute Gasteiger partial charge is 0.493 e. The Balaban J connectivity index is 1.38. The van der Waals surface area contributed by atoms with Gasteiger partial charge in [-0.15, -0.1) is 0 Å². The quantitative estimate of drug-likeness (QED) is 0.579. The molecule has 1 aliphatic heterocycles. The van der Waals surface area contributed by atoms with Gasteiger partial charge in [0.05, 0.1) is 18.7 Å². The van der Waals surface area contributed by atoms with Crippen LogP contribution in [0.15, 0.2) is 66.7 Å². The normalized spacial score (nSPS) is 13.2. The molecule has 1 saturated heterocycles. The molecule has 2 N–H and O–H groups in total. The third kappa shape index (κ3) is 5.62. The summed E-state index contributed by atoms with van der Waals surface area (Å²) in [5.41, 5.74) is 3.90. The highest BCUT2D eigenvalue weighted by Crippen LogP contribution is 2.29. The van der Waals surface area contributed by atoms with Crippen LogP contribution in [-0.2, 0) is 6.61 Å². The van der Waals surface area contributed by atoms with E-state index in [9.17, 15) is 4.79 Å². The molecule has 3 aromatic carbocycles. The maximum absolute atomic E-state index is 12.8. The molecule has 0 spiro atoms. The summed E-state index contributed by atoms with van der Waals surface area (Å²) in [5.74, 6) is 0.797. The van der Waals surface area contributed by atoms with Gasteiger partial charge in [0.1, 0.15) is 6.61 Å². The van der Waals surface area contributed by atoms with Crippen molar-refractivity contribution >= 4 is 17.3 Å². The van der Waals surface area contributed by atoms with Crippen LogP contribution in [0.2, 0.25) is 0 Å². The smallest absolute Gasteiger partial charge is 0.255 e. The van der Waals surface area contributed by atoms with Crippen LogP contribution >= 0.6 is 0 Å². The van der Waals surface area contributed by atoms with Crippen molar-refractivity contribution in [3.8, 4) is 17.6 Å². The number of carbonyl (C=O) groups is 1. The number of nitriles is 1. The van der Waals surface area contributed by atoms with Gasteiger partial charge >= 0.3 is 0 Å². The Bertz CT molecular complexity index is 1130. The molecule has 168 valence electrons. The van der Waals surface area contributed by atoms with Gasteiger partial charge in [-0.1, -0.05) is 12.1 Å². The van der Waals surface area contributed by atoms with Gasteiger partial charge in [0.15, 0.2) is 11.5 Å². The van der Waals surface area contributed by atoms with E-state index in [2.05, 4.69) is 21.6 Å². The first-order valence-corrected chi connectivity index (χ1v) is 10.8. The summed E-state index contributed by atoms with van der Waals surface area (Å²) in [6.07, 6.45) is 0. The topological polar surface area (TPSA) is 86.6 Å². The zero-order chi connectivity index (χ0) is 23.0. The van der Waals surface area contributed by atoms with Crippen LogP contribution in [0.3, 0.4) is 0 Å². The van der Waals surface area contributed by atoms with E-state index in [4.69, 9.17) is 14.7 Å². The summed E-state index contributed by atoms with van der Waals surface area (Å²) in [7, 11) is 1.54. The lowest BCUT2D eigenvalue weighted by molar-refractivity contribution is 0.102. The van der Waals surface area contributed by atoms with Crippen LogP contribution in [0.25, 0.3) is 0 Å². The number of nitrogens with zero attached hydrogens (tertiary/aromatic N) is 2. The first-order chi connectivity index (χ1) is 16.2. The van der Waals surface area contributed by atoms with Crippen molar-refractivity contribution in [1.82, 2.24) is 5.32 Å². The molecule has 0 atom stereocenters. The van der Waals surface area contributed by atoms with Crippen molar-refractivity contribution in [3.63, 3.8) is 0 Å². The molecule has 7 nitrogen and oxygen atoms in total. The van der Waals surface area contributed by atoms with E-state index in [1.807, 2.05) is 36.4 Å². The molecule has 0 saturated carbocycles. The summed E-state index contributed by atoms with van der Waals surface area (Å²) in [4.78, 5) is 15.1. The van der Waals surface area contributed by atoms with Crippen LogP contribution < -0.4 is 25.0 Å². The Morgan fingerprint density at radius 3 is 2.42 bits per heavy atom. The second-order valence-corrected chi connectivity index (χ2v) is 7.70. The molecule has 1 heterocycles. The number of nitrogens with one attached hydrogen (secondary N) is 2. The zero-order valence-corrected chi connectivity index (χ0v) is 18.5. The molecular formula is C26H26N4O3. The predicted octanol–water partition coefficient (Wildman–Crippen LogP) is 3.81. The van der Waals surface area contributed by atoms with Gasteiger partial charge < -0.3 is 25.0 Å². The Labute approximate surface area is 193 Å². The summed E-state index contributed by atoms with van der Waals surface area (Å²) in [5, 5.41) is 15.2. The summed E-state index contributed by atoms with van der Waals surface area (Å²) in [6, 6.07) is 22.3. The van der Waals surface area contributed by atoms with E-state index in [0.29, 0.717) is 29.2 Å². The third-order valence-electron chi connectivity index (χ3n) is 5.51. The van der Waals surface area contributed by atoms with Gasteiger partial charge in [-0.2, -0.15) is 5.26 Å². The van der Waals surface area contributed by atoms with Crippen molar-refractivity contribution in [2.24, 2.45) is 0 Å². The average Bonchev–Trinajstić information content (AvgIpc) is 2.88. The highest BCUT2D eigenvalue weighted by Gasteiger charge is 2.13. The van der Waals surface area contributed by atoms with Crippen molar-refractivity contribution in [2.75, 3.05) is 43.5 Å². The van der Waals surface area contributed by atoms with Crippen LogP contribution in [0.5, 0.6) is 11.5 Å². The molecule has 1 aliphatic rings. The first kappa shape index (κ1) is 22.2. The summed E-state index contributed by atoms with van der Waals surface area (Å²) < 4.78 is 11.3. The van der Waals surface area contributed by atoms with Gasteiger partial charge in [0, 0.05) is 43.1 Å². The maximum atomic E-state index is 12.8. The lowest BCUT2D eigenvalue weighted by atomic mass is 10.1. The Hall–Kier alpha value is -4.02. The lowest BCUT2D eigenvalue weighted by Gasteiger charge is -2.29. The van der Waals surface area contributed by atoms with E-state index < -0.39 is 0 Å². The molecule has 4 rings (SSSR count). The van der Waals surface area contributed by atoms with Gasteiger partial charge in [-0.05, 0) is 60.2 Å². The minimum Gasteiger partial charge on any atom is -0.493 e. The average molecular weight is 443 g/mol. The second-order valence-electron chi connectivity index (χ2n) is 7.70. The van der Waals surface area contributed by atoms with Crippen LogP contribution in [0.1, 0.15) is 21.5 Å². The highest BCUT2D eigenvalue weighted by atomic mass is 16.5. The SMILES string of the molecule is COc1cc(C(=O)Nc2ccc(N3CCNCC3)cc2)ccc1OCc1ccc(C#N)cc1. The van der Waals surface area contributed by atoms with E-state index in [1.54, 1.807) is 37.4 Å². The number of hydrogen-bond donors (Lipinski definition) is 2. The van der Waals surface area contributed by atoms with Gasteiger partial charge in [0.25, 0.3) is 5.91 Å². The number of methoxy groups -OCH3 is 1. The molecule has 1 fully saturated rings. The van der Waals surface area contributed by atoms with E-state index in [-0.39, 0.29) is 5.91 Å². The molecule has 33 heavy (non-hydrogen) atoms. The number of rotatable bonds is 7. The molecule has 0 aliphatic carbocycles. The van der Waals surface area contributed by atoms with Crippen molar-refractivity contribution in [1.29, 1.82) is 5.26 Å². The fourth-order valence-electron chi connectivity index (χ4n) is 3.65. The minimum absolute atomic E-state index is 0.220. The number of carbonyl (C=O) groups excluding carboxylic acids is 1. The molecule has 0 radical (unpaired) electrons. The maximum Gasteiger partial charge on any atom is 0.255 e. The number of ether oxygens (including phenoxy) is 2. The molecule has 0 unspecified atom stereocenters. The number of piperazine rings is 1. The second kappa shape index (κ2) is 10.5. The van der Waals surface area contributed by atoms with Crippen molar-refractivity contribution in [2.45, 2.75) is 6.61 Å². The lowest BCUT2D eigenvalue weighted by Crippen LogP contribution is -2.43. The van der Waals surface area contributed by atoms with Crippen molar-refractivity contribution in [3.05, 3.63) is 83.4 Å². The predicted molar refractivity (Wildman–Crippen MR) is 128 cm³/mol. The third-order valence-corrected chi connectivity index (χ3v) is 5.51. The van der Waals surface area contributed by atoms with E-state index in [1.165, 1.54) is 0 Å². The van der Waals surface area contributed by atoms with Gasteiger partial charge in [-0.3, -0.25) is 4.79 Å². The zero-order valence-electron chi connectivity index (χ0n) is 18.5. The highest BCUT2D eigenvalue weighted by molar-refractivity contribution is 6.04. The van der Waals surface area contributed by atoms with E-state index in [0.717, 1.165) is 43.1 Å². The summed E-state index contributed by atoms with van der Waals surface area (Å²) >= 11 is 0. The Morgan fingerprint density at radius 2 is 1.76 bits per heavy atom. The number of amides is 1. The fourth-order valence-corrected chi connectivity index (χ4v) is 3.65. The van der Waals surface area contributed by atoms with Crippen LogP contribution in [-0.4, -0.2) is 39.2 Å². The standard InChI is InChI=1S/C26H26N4O3/c1-32-25-16-21(6-11-24(25)33-18-20-4-2-19(17-27)3-5-20)26(31)29-22-7-9-23(10-8-22)30-14-12-28-13-15-30/h2-11,16,28H,12-15,18H2,1H3,(H,29,31). The number of anilines is 2. The number of hydrogen-bond acceptors (Lipinski definition) is 6. The van der Waals surface area contributed by atoms with Gasteiger partial charge in [0.2, 0.25) is 0 Å². The van der Waals surface area contributed by atoms with Gasteiger partial charge in [-0.25, -0.2) is 0 Å². The molecule has 0 aromatic heterocycles. The Morgan fingerprint density at radius 1 is 1.03 bits per heavy atom. The molecular weight excluding hydrogens is 416 g/mol. The fraction of sp³-hybridized carbons (Fsp3) is 0.231. The molecule has 0 bridgehead atoms. The Kier molecular flexibility index (Phi) is 7.08. The van der Waals surface area contributed by atoms with Crippen molar-refractivity contribution < 1.29 is 14.3 Å².